The number of hydrogen-bond acceptors (Lipinski definition) is 6. The molecular formula is C20H39NO3S2. The van der Waals surface area contributed by atoms with Crippen LogP contribution in [0.5, 0.6) is 0 Å². The molecule has 1 aliphatic heterocycles. The molecule has 26 heavy (non-hydrogen) atoms. The van der Waals surface area contributed by atoms with Crippen LogP contribution in [0, 0.1) is 10.8 Å². The molecule has 0 saturated carbocycles. The predicted octanol–water partition coefficient (Wildman–Crippen LogP) is 4.87. The molecule has 0 spiro atoms. The summed E-state index contributed by atoms with van der Waals surface area (Å²) in [5, 5.41) is 0. The Labute approximate surface area is 168 Å². The first-order valence-corrected chi connectivity index (χ1v) is 12.4. The monoisotopic (exact) mass is 405 g/mol. The van der Waals surface area contributed by atoms with E-state index in [1.165, 1.54) is 18.6 Å². The molecule has 154 valence electrons. The van der Waals surface area contributed by atoms with Gasteiger partial charge in [0.2, 0.25) is 0 Å². The summed E-state index contributed by atoms with van der Waals surface area (Å²) in [5.41, 5.74) is -0.436. The van der Waals surface area contributed by atoms with Crippen LogP contribution >= 0.6 is 21.6 Å². The van der Waals surface area contributed by atoms with E-state index in [4.69, 9.17) is 9.47 Å². The molecule has 0 radical (unpaired) electrons. The molecule has 0 aliphatic carbocycles. The van der Waals surface area contributed by atoms with Crippen molar-refractivity contribution in [1.29, 1.82) is 0 Å². The normalized spacial score (nSPS) is 19.5. The summed E-state index contributed by atoms with van der Waals surface area (Å²) >= 11 is 0. The van der Waals surface area contributed by atoms with Gasteiger partial charge in [-0.15, -0.1) is 0 Å². The summed E-state index contributed by atoms with van der Waals surface area (Å²) < 4.78 is 11.5. The number of rotatable bonds is 11. The van der Waals surface area contributed by atoms with Gasteiger partial charge in [0.15, 0.2) is 0 Å². The van der Waals surface area contributed by atoms with Gasteiger partial charge < -0.3 is 9.47 Å². The number of morpholine rings is 1. The van der Waals surface area contributed by atoms with Gasteiger partial charge >= 0.3 is 5.97 Å². The van der Waals surface area contributed by atoms with Crippen molar-refractivity contribution in [3.63, 3.8) is 0 Å². The molecule has 1 unspecified atom stereocenters. The molecular weight excluding hydrogens is 366 g/mol. The molecule has 1 aliphatic rings. The van der Waals surface area contributed by atoms with Crippen molar-refractivity contribution in [3.8, 4) is 0 Å². The molecule has 1 saturated heterocycles. The van der Waals surface area contributed by atoms with Gasteiger partial charge in [0.05, 0.1) is 24.7 Å². The summed E-state index contributed by atoms with van der Waals surface area (Å²) in [6.45, 7) is 16.6. The number of ether oxygens (including phenoxy) is 2. The van der Waals surface area contributed by atoms with Crippen LogP contribution < -0.4 is 0 Å². The molecule has 6 heteroatoms. The number of nitrogens with zero attached hydrogens (tertiary/aromatic N) is 1. The second-order valence-electron chi connectivity index (χ2n) is 8.83. The standard InChI is InChI=1S/C20H39NO3S2/c1-7-8-14-25-26-15-11-21-10-13-23-17(16-21)20(5,6)18(22)24-12-9-19(2,3)4/h17H,7-16H2,1-6H3. The minimum Gasteiger partial charge on any atom is -0.465 e. The number of carbonyl (C=O) groups excluding carboxylic acids is 1. The van der Waals surface area contributed by atoms with E-state index in [1.807, 2.05) is 35.4 Å². The first-order valence-electron chi connectivity index (χ1n) is 9.92. The lowest BCUT2D eigenvalue weighted by atomic mass is 9.85. The third-order valence-electron chi connectivity index (χ3n) is 4.72. The Morgan fingerprint density at radius 3 is 2.54 bits per heavy atom. The van der Waals surface area contributed by atoms with Crippen molar-refractivity contribution in [2.45, 2.75) is 66.9 Å². The first kappa shape index (κ1) is 24.1. The van der Waals surface area contributed by atoms with Gasteiger partial charge in [0.1, 0.15) is 0 Å². The fraction of sp³-hybridized carbons (Fsp3) is 0.950. The maximum absolute atomic E-state index is 12.6. The molecule has 0 N–H and O–H groups in total. The third-order valence-corrected chi connectivity index (χ3v) is 7.19. The van der Waals surface area contributed by atoms with E-state index in [2.05, 4.69) is 32.6 Å². The second-order valence-corrected chi connectivity index (χ2v) is 11.5. The Morgan fingerprint density at radius 1 is 1.19 bits per heavy atom. The quantitative estimate of drug-likeness (QED) is 0.277. The zero-order valence-electron chi connectivity index (χ0n) is 17.6. The molecule has 0 amide bonds. The number of esters is 1. The van der Waals surface area contributed by atoms with E-state index in [9.17, 15) is 4.79 Å². The smallest absolute Gasteiger partial charge is 0.314 e. The Hall–Kier alpha value is 0.0900. The third kappa shape index (κ3) is 9.34. The van der Waals surface area contributed by atoms with Gasteiger partial charge in [-0.05, 0) is 32.1 Å². The van der Waals surface area contributed by atoms with Crippen molar-refractivity contribution in [2.75, 3.05) is 44.4 Å². The van der Waals surface area contributed by atoms with E-state index in [0.717, 1.165) is 31.8 Å². The Kier molecular flexibility index (Phi) is 11.0. The zero-order valence-corrected chi connectivity index (χ0v) is 19.3. The Balaban J connectivity index is 2.37. The molecule has 4 nitrogen and oxygen atoms in total. The molecule has 0 bridgehead atoms. The zero-order chi connectivity index (χ0) is 19.6. The van der Waals surface area contributed by atoms with Gasteiger partial charge in [-0.1, -0.05) is 55.7 Å². The summed E-state index contributed by atoms with van der Waals surface area (Å²) in [7, 11) is 3.93. The average Bonchev–Trinajstić information content (AvgIpc) is 2.57. The van der Waals surface area contributed by atoms with Gasteiger partial charge in [-0.25, -0.2) is 0 Å². The predicted molar refractivity (Wildman–Crippen MR) is 115 cm³/mol. The van der Waals surface area contributed by atoms with Crippen LogP contribution in [0.2, 0.25) is 0 Å². The van der Waals surface area contributed by atoms with Crippen molar-refractivity contribution in [1.82, 2.24) is 4.90 Å². The van der Waals surface area contributed by atoms with Crippen LogP contribution in [-0.4, -0.2) is 61.3 Å². The van der Waals surface area contributed by atoms with E-state index < -0.39 is 5.41 Å². The van der Waals surface area contributed by atoms with Gasteiger partial charge in [0, 0.05) is 31.1 Å². The lowest BCUT2D eigenvalue weighted by Crippen LogP contribution is -2.52. The highest BCUT2D eigenvalue weighted by molar-refractivity contribution is 8.76. The highest BCUT2D eigenvalue weighted by Crippen LogP contribution is 2.29. The molecule has 1 heterocycles. The largest absolute Gasteiger partial charge is 0.465 e. The summed E-state index contributed by atoms with van der Waals surface area (Å²) in [4.78, 5) is 15.0. The van der Waals surface area contributed by atoms with Crippen LogP contribution in [-0.2, 0) is 14.3 Å². The van der Waals surface area contributed by atoms with Crippen LogP contribution in [0.3, 0.4) is 0 Å². The van der Waals surface area contributed by atoms with Gasteiger partial charge in [0.25, 0.3) is 0 Å². The van der Waals surface area contributed by atoms with Crippen molar-refractivity contribution in [3.05, 3.63) is 0 Å². The first-order chi connectivity index (χ1) is 12.2. The van der Waals surface area contributed by atoms with E-state index in [-0.39, 0.29) is 17.5 Å². The van der Waals surface area contributed by atoms with Crippen LogP contribution in [0.1, 0.15) is 60.8 Å². The summed E-state index contributed by atoms with van der Waals surface area (Å²) in [6.07, 6.45) is 3.33. The van der Waals surface area contributed by atoms with Crippen molar-refractivity contribution in [2.24, 2.45) is 10.8 Å². The Morgan fingerprint density at radius 2 is 1.88 bits per heavy atom. The van der Waals surface area contributed by atoms with E-state index >= 15 is 0 Å². The van der Waals surface area contributed by atoms with Gasteiger partial charge in [-0.2, -0.15) is 0 Å². The topological polar surface area (TPSA) is 38.8 Å². The molecule has 0 aromatic heterocycles. The molecule has 1 rings (SSSR count). The minimum absolute atomic E-state index is 0.101. The van der Waals surface area contributed by atoms with Crippen molar-refractivity contribution < 1.29 is 14.3 Å². The van der Waals surface area contributed by atoms with E-state index in [1.54, 1.807) is 0 Å². The molecule has 1 fully saturated rings. The number of carbonyl (C=O) groups is 1. The van der Waals surface area contributed by atoms with E-state index in [0.29, 0.717) is 13.2 Å². The molecule has 0 aromatic rings. The second kappa shape index (κ2) is 11.8. The molecule has 0 aromatic carbocycles. The van der Waals surface area contributed by atoms with Crippen LogP contribution in [0.4, 0.5) is 0 Å². The van der Waals surface area contributed by atoms with Gasteiger partial charge in [-0.3, -0.25) is 9.69 Å². The highest BCUT2D eigenvalue weighted by Gasteiger charge is 2.41. The lowest BCUT2D eigenvalue weighted by Gasteiger charge is -2.39. The molecule has 1 atom stereocenters. The lowest BCUT2D eigenvalue weighted by molar-refractivity contribution is -0.169. The van der Waals surface area contributed by atoms with Crippen molar-refractivity contribution >= 4 is 27.6 Å². The Bertz CT molecular complexity index is 410. The summed E-state index contributed by atoms with van der Waals surface area (Å²) in [6, 6.07) is 0. The summed E-state index contributed by atoms with van der Waals surface area (Å²) in [5.74, 6) is 2.22. The number of hydrogen-bond donors (Lipinski definition) is 0. The fourth-order valence-corrected chi connectivity index (χ4v) is 4.86. The highest BCUT2D eigenvalue weighted by atomic mass is 33.1. The minimum atomic E-state index is -0.612. The maximum Gasteiger partial charge on any atom is 0.314 e. The average molecular weight is 406 g/mol. The van der Waals surface area contributed by atoms with Crippen LogP contribution in [0.25, 0.3) is 0 Å². The van der Waals surface area contributed by atoms with Crippen LogP contribution in [0.15, 0.2) is 0 Å². The fourth-order valence-electron chi connectivity index (χ4n) is 2.60. The number of unbranched alkanes of at least 4 members (excludes halogenated alkanes) is 1. The maximum atomic E-state index is 12.6. The SMILES string of the molecule is CCCCSSCCN1CCOC(C(C)(C)C(=O)OCCC(C)(C)C)C1.